The zero-order valence-corrected chi connectivity index (χ0v) is 9.56. The number of esters is 1. The van der Waals surface area contributed by atoms with Crippen LogP contribution >= 0.6 is 0 Å². The third-order valence-corrected chi connectivity index (χ3v) is 1.63. The molecule has 0 atom stereocenters. The second-order valence-electron chi connectivity index (χ2n) is 2.93. The van der Waals surface area contributed by atoms with Crippen LogP contribution in [0.2, 0.25) is 0 Å². The van der Waals surface area contributed by atoms with E-state index in [1.54, 1.807) is 7.05 Å². The summed E-state index contributed by atoms with van der Waals surface area (Å²) in [7, 11) is 2.90. The van der Waals surface area contributed by atoms with Gasteiger partial charge in [0.05, 0.1) is 19.5 Å². The zero-order chi connectivity index (χ0) is 13.5. The molecule has 0 bridgehead atoms. The summed E-state index contributed by atoms with van der Waals surface area (Å²) in [5.41, 5.74) is 0.162. The Hall–Kier alpha value is -2.78. The van der Waals surface area contributed by atoms with Crippen LogP contribution in [0.1, 0.15) is 21.0 Å². The van der Waals surface area contributed by atoms with Crippen LogP contribution in [0.15, 0.2) is 12.4 Å². The van der Waals surface area contributed by atoms with Crippen LogP contribution in [0, 0.1) is 0 Å². The first kappa shape index (κ1) is 13.3. The molecule has 0 aliphatic rings. The van der Waals surface area contributed by atoms with Crippen molar-refractivity contribution in [3.8, 4) is 0 Å². The molecule has 2 N–H and O–H groups in total. The van der Waals surface area contributed by atoms with Gasteiger partial charge in [0.25, 0.3) is 0 Å². The van der Waals surface area contributed by atoms with Crippen molar-refractivity contribution >= 4 is 11.9 Å². The van der Waals surface area contributed by atoms with Crippen LogP contribution in [0.25, 0.3) is 0 Å². The van der Waals surface area contributed by atoms with Crippen molar-refractivity contribution in [2.45, 2.75) is 0 Å². The van der Waals surface area contributed by atoms with Gasteiger partial charge in [-0.3, -0.25) is 9.78 Å². The molecule has 0 amide bonds. The molecule has 0 saturated carbocycles. The van der Waals surface area contributed by atoms with E-state index in [1.807, 2.05) is 0 Å². The number of carboxylic acids is 1. The van der Waals surface area contributed by atoms with Gasteiger partial charge in [-0.05, 0) is 0 Å². The standard InChI is InChI=1S/2C4H5N3O2/c1-7-2-3(4(8)9)5-6-7;1-9-4(8)3-2-5-7-6-3/h2H,1H3,(H,8,9);2H,1H3,(H,5,6,7). The van der Waals surface area contributed by atoms with Crippen molar-refractivity contribution in [2.75, 3.05) is 7.11 Å². The molecule has 10 heteroatoms. The molecule has 10 nitrogen and oxygen atoms in total. The number of aromatic nitrogens is 6. The molecule has 2 aromatic heterocycles. The minimum atomic E-state index is -1.05. The van der Waals surface area contributed by atoms with E-state index in [0.29, 0.717) is 0 Å². The minimum absolute atomic E-state index is 0.0301. The summed E-state index contributed by atoms with van der Waals surface area (Å²) in [5, 5.41) is 24.1. The number of aromatic carboxylic acids is 1. The first-order chi connectivity index (χ1) is 8.54. The van der Waals surface area contributed by atoms with E-state index in [9.17, 15) is 9.59 Å². The normalized spacial score (nSPS) is 9.22. The Morgan fingerprint density at radius 3 is 2.44 bits per heavy atom. The zero-order valence-electron chi connectivity index (χ0n) is 9.56. The molecular weight excluding hydrogens is 244 g/mol. The van der Waals surface area contributed by atoms with Crippen molar-refractivity contribution in [3.05, 3.63) is 23.8 Å². The maximum absolute atomic E-state index is 10.5. The molecule has 18 heavy (non-hydrogen) atoms. The van der Waals surface area contributed by atoms with Gasteiger partial charge < -0.3 is 9.84 Å². The summed E-state index contributed by atoms with van der Waals surface area (Å²) in [6, 6.07) is 0. The van der Waals surface area contributed by atoms with E-state index in [4.69, 9.17) is 5.11 Å². The number of carbonyl (C=O) groups excluding carboxylic acids is 1. The first-order valence-electron chi connectivity index (χ1n) is 4.59. The van der Waals surface area contributed by atoms with E-state index in [1.165, 1.54) is 24.2 Å². The number of aromatic amines is 1. The van der Waals surface area contributed by atoms with Crippen LogP contribution < -0.4 is 0 Å². The summed E-state index contributed by atoms with van der Waals surface area (Å²) >= 11 is 0. The maximum Gasteiger partial charge on any atom is 0.360 e. The van der Waals surface area contributed by atoms with Gasteiger partial charge in [0.2, 0.25) is 0 Å². The van der Waals surface area contributed by atoms with Gasteiger partial charge in [0, 0.05) is 7.05 Å². The van der Waals surface area contributed by atoms with Gasteiger partial charge in [-0.1, -0.05) is 10.4 Å². The molecule has 2 heterocycles. The number of nitrogens with one attached hydrogen (secondary N) is 1. The van der Waals surface area contributed by atoms with Crippen LogP contribution in [0.5, 0.6) is 0 Å². The van der Waals surface area contributed by atoms with Gasteiger partial charge in [-0.15, -0.1) is 10.2 Å². The molecule has 2 aromatic rings. The highest BCUT2D eigenvalue weighted by Crippen LogP contribution is 1.89. The van der Waals surface area contributed by atoms with Crippen molar-refractivity contribution in [1.82, 2.24) is 30.4 Å². The van der Waals surface area contributed by atoms with Crippen molar-refractivity contribution < 1.29 is 19.4 Å². The number of carbonyl (C=O) groups is 2. The van der Waals surface area contributed by atoms with Gasteiger partial charge in [-0.25, -0.2) is 9.59 Å². The summed E-state index contributed by atoms with van der Waals surface area (Å²) < 4.78 is 5.67. The minimum Gasteiger partial charge on any atom is -0.476 e. The number of hydrogen-bond donors (Lipinski definition) is 2. The molecule has 96 valence electrons. The Labute approximate surface area is 101 Å². The van der Waals surface area contributed by atoms with Crippen LogP contribution in [0.4, 0.5) is 0 Å². The highest BCUT2D eigenvalue weighted by atomic mass is 16.5. The van der Waals surface area contributed by atoms with Crippen LogP contribution in [0.3, 0.4) is 0 Å². The Bertz CT molecular complexity index is 519. The number of aryl methyl sites for hydroxylation is 1. The molecule has 0 unspecified atom stereocenters. The Kier molecular flexibility index (Phi) is 4.49. The second kappa shape index (κ2) is 6.08. The predicted octanol–water partition coefficient (Wildman–Crippen LogP) is -0.895. The summed E-state index contributed by atoms with van der Waals surface area (Å²) in [5.74, 6) is -1.54. The molecule has 2 rings (SSSR count). The maximum atomic E-state index is 10.5. The average Bonchev–Trinajstić information content (AvgIpc) is 2.99. The van der Waals surface area contributed by atoms with Crippen LogP contribution in [-0.2, 0) is 11.8 Å². The summed E-state index contributed by atoms with van der Waals surface area (Å²) in [6.07, 6.45) is 2.70. The molecule has 0 aliphatic carbocycles. The predicted molar refractivity (Wildman–Crippen MR) is 55.7 cm³/mol. The Morgan fingerprint density at radius 2 is 2.11 bits per heavy atom. The number of ether oxygens (including phenoxy) is 1. The van der Waals surface area contributed by atoms with Crippen molar-refractivity contribution in [3.63, 3.8) is 0 Å². The first-order valence-corrected chi connectivity index (χ1v) is 4.59. The number of rotatable bonds is 2. The molecule has 0 radical (unpaired) electrons. The van der Waals surface area contributed by atoms with Crippen LogP contribution in [-0.4, -0.2) is 54.6 Å². The van der Waals surface area contributed by atoms with Gasteiger partial charge in [0.1, 0.15) is 0 Å². The van der Waals surface area contributed by atoms with Gasteiger partial charge in [-0.2, -0.15) is 0 Å². The molecule has 0 spiro atoms. The number of hydrogen-bond acceptors (Lipinski definition) is 7. The monoisotopic (exact) mass is 254 g/mol. The Morgan fingerprint density at radius 1 is 1.39 bits per heavy atom. The third-order valence-electron chi connectivity index (χ3n) is 1.63. The van der Waals surface area contributed by atoms with E-state index < -0.39 is 11.9 Å². The topological polar surface area (TPSA) is 136 Å². The summed E-state index contributed by atoms with van der Waals surface area (Å²) in [6.45, 7) is 0. The molecule has 0 saturated heterocycles. The lowest BCUT2D eigenvalue weighted by molar-refractivity contribution is 0.0593. The fraction of sp³-hybridized carbons (Fsp3) is 0.250. The van der Waals surface area contributed by atoms with E-state index >= 15 is 0 Å². The molecule has 0 aliphatic heterocycles. The quantitative estimate of drug-likeness (QED) is 0.658. The molecule has 0 aromatic carbocycles. The van der Waals surface area contributed by atoms with Crippen molar-refractivity contribution in [2.24, 2.45) is 7.05 Å². The lowest BCUT2D eigenvalue weighted by Gasteiger charge is -1.88. The van der Waals surface area contributed by atoms with Crippen molar-refractivity contribution in [1.29, 1.82) is 0 Å². The number of H-pyrrole nitrogens is 1. The third kappa shape index (κ3) is 3.66. The Balaban J connectivity index is 0.000000180. The summed E-state index contributed by atoms with van der Waals surface area (Å²) in [4.78, 5) is 20.6. The lowest BCUT2D eigenvalue weighted by Crippen LogP contribution is -2.00. The van der Waals surface area contributed by atoms with Gasteiger partial charge in [0.15, 0.2) is 11.4 Å². The number of methoxy groups -OCH3 is 1. The fourth-order valence-corrected chi connectivity index (χ4v) is 0.851. The van der Waals surface area contributed by atoms with E-state index in [-0.39, 0.29) is 11.4 Å². The number of carboxylic acid groups (broad SMARTS) is 1. The van der Waals surface area contributed by atoms with E-state index in [0.717, 1.165) is 0 Å². The highest BCUT2D eigenvalue weighted by Gasteiger charge is 2.06. The largest absolute Gasteiger partial charge is 0.476 e. The highest BCUT2D eigenvalue weighted by molar-refractivity contribution is 5.86. The average molecular weight is 254 g/mol. The SMILES string of the molecule is COC(=O)c1c[nH]nn1.Cn1cc(C(=O)O)nn1. The lowest BCUT2D eigenvalue weighted by atomic mass is 10.5. The molecular formula is C8H10N6O4. The fourth-order valence-electron chi connectivity index (χ4n) is 0.851. The smallest absolute Gasteiger partial charge is 0.360 e. The van der Waals surface area contributed by atoms with E-state index in [2.05, 4.69) is 30.5 Å². The second-order valence-corrected chi connectivity index (χ2v) is 2.93. The molecule has 0 fully saturated rings. The van der Waals surface area contributed by atoms with Gasteiger partial charge >= 0.3 is 11.9 Å². The number of nitrogens with zero attached hydrogens (tertiary/aromatic N) is 5.